The van der Waals surface area contributed by atoms with Crippen molar-refractivity contribution in [2.75, 3.05) is 12.5 Å². The molecule has 2 rings (SSSR count). The fourth-order valence-electron chi connectivity index (χ4n) is 2.57. The zero-order valence-electron chi connectivity index (χ0n) is 11.9. The van der Waals surface area contributed by atoms with Crippen molar-refractivity contribution in [2.45, 2.75) is 33.2 Å². The van der Waals surface area contributed by atoms with Gasteiger partial charge in [0.15, 0.2) is 5.78 Å². The van der Waals surface area contributed by atoms with Crippen LogP contribution in [0.5, 0.6) is 5.75 Å². The third-order valence-corrected chi connectivity index (χ3v) is 3.88. The molecule has 1 heterocycles. The number of benzene rings is 1. The van der Waals surface area contributed by atoms with Crippen LogP contribution < -0.4 is 10.1 Å². The number of fused-ring (bicyclic) bond motifs is 1. The minimum Gasteiger partial charge on any atom is -0.492 e. The molecule has 1 amide bonds. The molecule has 1 aromatic carbocycles. The summed E-state index contributed by atoms with van der Waals surface area (Å²) in [6.45, 7) is 5.80. The van der Waals surface area contributed by atoms with Crippen LogP contribution in [0.4, 0.5) is 0 Å². The van der Waals surface area contributed by atoms with Crippen molar-refractivity contribution in [2.24, 2.45) is 0 Å². The van der Waals surface area contributed by atoms with Crippen molar-refractivity contribution < 1.29 is 14.3 Å². The lowest BCUT2D eigenvalue weighted by molar-refractivity contribution is -0.119. The average Bonchev–Trinajstić information content (AvgIpc) is 2.40. The molecule has 0 radical (unpaired) electrons. The quantitative estimate of drug-likeness (QED) is 0.689. The molecule has 20 heavy (non-hydrogen) atoms. The van der Waals surface area contributed by atoms with E-state index in [-0.39, 0.29) is 23.6 Å². The van der Waals surface area contributed by atoms with Crippen LogP contribution in [0.25, 0.3) is 0 Å². The second kappa shape index (κ2) is 5.83. The predicted octanol–water partition coefficient (Wildman–Crippen LogP) is 2.68. The molecule has 4 nitrogen and oxygen atoms in total. The van der Waals surface area contributed by atoms with Crippen LogP contribution in [-0.4, -0.2) is 24.2 Å². The monoisotopic (exact) mass is 295 g/mol. The molecule has 0 aromatic heterocycles. The van der Waals surface area contributed by atoms with Gasteiger partial charge >= 0.3 is 0 Å². The van der Waals surface area contributed by atoms with Crippen LogP contribution in [0, 0.1) is 13.8 Å². The number of ketones is 1. The van der Waals surface area contributed by atoms with E-state index < -0.39 is 0 Å². The highest BCUT2D eigenvalue weighted by molar-refractivity contribution is 6.31. The normalized spacial score (nSPS) is 17.1. The highest BCUT2D eigenvalue weighted by Crippen LogP contribution is 2.38. The Bertz CT molecular complexity index is 569. The lowest BCUT2D eigenvalue weighted by Crippen LogP contribution is -2.31. The maximum absolute atomic E-state index is 12.1. The average molecular weight is 296 g/mol. The second-order valence-electron chi connectivity index (χ2n) is 5.06. The van der Waals surface area contributed by atoms with Crippen LogP contribution in [0.1, 0.15) is 46.4 Å². The zero-order chi connectivity index (χ0) is 14.9. The van der Waals surface area contributed by atoms with Gasteiger partial charge in [-0.25, -0.2) is 0 Å². The van der Waals surface area contributed by atoms with E-state index in [0.717, 1.165) is 16.7 Å². The van der Waals surface area contributed by atoms with Crippen molar-refractivity contribution in [3.8, 4) is 5.75 Å². The first-order chi connectivity index (χ1) is 9.45. The Hall–Kier alpha value is -1.55. The molecule has 108 valence electrons. The van der Waals surface area contributed by atoms with E-state index in [9.17, 15) is 9.59 Å². The summed E-state index contributed by atoms with van der Waals surface area (Å²) < 4.78 is 5.69. The largest absolute Gasteiger partial charge is 0.492 e. The lowest BCUT2D eigenvalue weighted by Gasteiger charge is -2.29. The number of carbonyl (C=O) groups is 2. The van der Waals surface area contributed by atoms with Crippen LogP contribution in [0.3, 0.4) is 0 Å². The van der Waals surface area contributed by atoms with Crippen LogP contribution in [0.2, 0.25) is 0 Å². The molecular formula is C15H18ClNO3. The van der Waals surface area contributed by atoms with Gasteiger partial charge in [0.1, 0.15) is 5.75 Å². The molecule has 0 saturated carbocycles. The Morgan fingerprint density at radius 1 is 1.45 bits per heavy atom. The minimum absolute atomic E-state index is 0.0785. The van der Waals surface area contributed by atoms with Crippen molar-refractivity contribution in [3.05, 3.63) is 28.3 Å². The molecule has 0 bridgehead atoms. The topological polar surface area (TPSA) is 55.4 Å². The fraction of sp³-hybridized carbons (Fsp3) is 0.467. The number of carbonyl (C=O) groups excluding carboxylic acids is 2. The molecule has 1 aromatic rings. The summed E-state index contributed by atoms with van der Waals surface area (Å²) in [6.07, 6.45) is 0.698. The fourth-order valence-corrected chi connectivity index (χ4v) is 2.70. The van der Waals surface area contributed by atoms with E-state index >= 15 is 0 Å². The number of Topliss-reactive ketones (excluding diaryl/α,β-unsaturated/α-hetero) is 1. The van der Waals surface area contributed by atoms with E-state index in [1.807, 2.05) is 19.9 Å². The Balaban J connectivity index is 2.58. The van der Waals surface area contributed by atoms with Gasteiger partial charge in [0, 0.05) is 18.9 Å². The number of hydrogen-bond acceptors (Lipinski definition) is 3. The first-order valence-electron chi connectivity index (χ1n) is 6.58. The van der Waals surface area contributed by atoms with Gasteiger partial charge in [-0.1, -0.05) is 0 Å². The molecule has 1 unspecified atom stereocenters. The summed E-state index contributed by atoms with van der Waals surface area (Å²) in [4.78, 5) is 23.4. The summed E-state index contributed by atoms with van der Waals surface area (Å²) in [5.41, 5.74) is 3.30. The summed E-state index contributed by atoms with van der Waals surface area (Å²) in [7, 11) is 0. The third-order valence-electron chi connectivity index (χ3n) is 3.63. The van der Waals surface area contributed by atoms with E-state index in [1.165, 1.54) is 6.92 Å². The van der Waals surface area contributed by atoms with Crippen LogP contribution in [-0.2, 0) is 4.79 Å². The molecule has 5 heteroatoms. The Kier molecular flexibility index (Phi) is 4.33. The molecule has 0 aliphatic carbocycles. The first kappa shape index (κ1) is 14.9. The number of nitrogens with one attached hydrogen (secondary N) is 1. The second-order valence-corrected chi connectivity index (χ2v) is 5.33. The van der Waals surface area contributed by atoms with Crippen LogP contribution >= 0.6 is 11.6 Å². The Morgan fingerprint density at radius 2 is 2.15 bits per heavy atom. The highest BCUT2D eigenvalue weighted by atomic mass is 35.5. The van der Waals surface area contributed by atoms with Gasteiger partial charge in [0.05, 0.1) is 24.1 Å². The standard InChI is InChI=1S/C15H18ClNO3/c1-8-6-11-12(17-10(3)18)4-5-20-15(11)14(9(8)2)13(19)7-16/h6,12H,4-5,7H2,1-3H3,(H,17,18). The maximum atomic E-state index is 12.1. The van der Waals surface area contributed by atoms with Crippen molar-refractivity contribution in [1.82, 2.24) is 5.32 Å². The molecule has 1 N–H and O–H groups in total. The predicted molar refractivity (Wildman–Crippen MR) is 77.6 cm³/mol. The Morgan fingerprint density at radius 3 is 2.75 bits per heavy atom. The van der Waals surface area contributed by atoms with Crippen LogP contribution in [0.15, 0.2) is 6.07 Å². The summed E-state index contributed by atoms with van der Waals surface area (Å²) in [5.74, 6) is 0.257. The van der Waals surface area contributed by atoms with Gasteiger partial charge in [0.2, 0.25) is 5.91 Å². The molecule has 0 fully saturated rings. The van der Waals surface area contributed by atoms with Gasteiger partial charge in [-0.15, -0.1) is 11.6 Å². The summed E-state index contributed by atoms with van der Waals surface area (Å²) >= 11 is 5.70. The smallest absolute Gasteiger partial charge is 0.217 e. The minimum atomic E-state index is -0.146. The summed E-state index contributed by atoms with van der Waals surface area (Å²) in [6, 6.07) is 1.87. The van der Waals surface area contributed by atoms with E-state index in [0.29, 0.717) is 24.3 Å². The van der Waals surface area contributed by atoms with Gasteiger partial charge in [-0.2, -0.15) is 0 Å². The number of amides is 1. The molecule has 1 aliphatic heterocycles. The van der Waals surface area contributed by atoms with E-state index in [1.54, 1.807) is 0 Å². The van der Waals surface area contributed by atoms with E-state index in [2.05, 4.69) is 5.32 Å². The van der Waals surface area contributed by atoms with Gasteiger partial charge in [0.25, 0.3) is 0 Å². The van der Waals surface area contributed by atoms with Gasteiger partial charge < -0.3 is 10.1 Å². The molecule has 1 atom stereocenters. The maximum Gasteiger partial charge on any atom is 0.217 e. The molecule has 0 spiro atoms. The Labute approximate surface area is 123 Å². The third kappa shape index (κ3) is 2.66. The van der Waals surface area contributed by atoms with Gasteiger partial charge in [-0.3, -0.25) is 9.59 Å². The SMILES string of the molecule is CC(=O)NC1CCOc2c1cc(C)c(C)c2C(=O)CCl. The number of halogens is 1. The van der Waals surface area contributed by atoms with Gasteiger partial charge in [-0.05, 0) is 31.0 Å². The van der Waals surface area contributed by atoms with Crippen molar-refractivity contribution in [1.29, 1.82) is 0 Å². The number of alkyl halides is 1. The number of hydrogen-bond donors (Lipinski definition) is 1. The molecule has 1 aliphatic rings. The van der Waals surface area contributed by atoms with E-state index in [4.69, 9.17) is 16.3 Å². The zero-order valence-corrected chi connectivity index (χ0v) is 12.6. The van der Waals surface area contributed by atoms with Crippen molar-refractivity contribution >= 4 is 23.3 Å². The first-order valence-corrected chi connectivity index (χ1v) is 7.12. The molecule has 0 saturated heterocycles. The number of rotatable bonds is 3. The van der Waals surface area contributed by atoms with Crippen molar-refractivity contribution in [3.63, 3.8) is 0 Å². The number of aryl methyl sites for hydroxylation is 1. The lowest BCUT2D eigenvalue weighted by atomic mass is 9.90. The molecular weight excluding hydrogens is 278 g/mol. The highest BCUT2D eigenvalue weighted by Gasteiger charge is 2.28. The summed E-state index contributed by atoms with van der Waals surface area (Å²) in [5, 5.41) is 2.91. The number of ether oxygens (including phenoxy) is 1.